The maximum Gasteiger partial charge on any atom is 0.0547 e. The highest BCUT2D eigenvalue weighted by molar-refractivity contribution is 6.25. The Balaban J connectivity index is 1.37. The van der Waals surface area contributed by atoms with Crippen molar-refractivity contribution in [1.82, 2.24) is 14.1 Å². The second kappa shape index (κ2) is 8.19. The first-order valence-corrected chi connectivity index (χ1v) is 12.9. The predicted molar refractivity (Wildman–Crippen MR) is 158 cm³/mol. The number of para-hydroxylation sites is 2. The van der Waals surface area contributed by atoms with Gasteiger partial charge in [-0.3, -0.25) is 4.98 Å². The normalized spacial score (nSPS) is 11.7. The molecule has 3 heteroatoms. The monoisotopic (exact) mass is 485 g/mol. The minimum atomic E-state index is 1.12. The van der Waals surface area contributed by atoms with Crippen molar-refractivity contribution in [3.8, 4) is 22.5 Å². The van der Waals surface area contributed by atoms with Crippen molar-refractivity contribution in [2.45, 2.75) is 0 Å². The summed E-state index contributed by atoms with van der Waals surface area (Å²) in [7, 11) is 0. The van der Waals surface area contributed by atoms with Crippen LogP contribution in [0.4, 0.5) is 0 Å². The molecule has 3 heterocycles. The Hall–Kier alpha value is -5.15. The van der Waals surface area contributed by atoms with Crippen LogP contribution in [0.5, 0.6) is 0 Å². The Labute approximate surface area is 219 Å². The van der Waals surface area contributed by atoms with Crippen LogP contribution in [0, 0.1) is 0 Å². The number of pyridine rings is 1. The lowest BCUT2D eigenvalue weighted by Gasteiger charge is -2.10. The highest BCUT2D eigenvalue weighted by Gasteiger charge is 2.16. The molecule has 8 rings (SSSR count). The van der Waals surface area contributed by atoms with Crippen LogP contribution < -0.4 is 0 Å². The van der Waals surface area contributed by atoms with E-state index in [1.807, 2.05) is 18.5 Å². The third-order valence-corrected chi connectivity index (χ3v) is 7.66. The van der Waals surface area contributed by atoms with Crippen molar-refractivity contribution >= 4 is 43.5 Å². The highest BCUT2D eigenvalue weighted by atomic mass is 15.0. The third kappa shape index (κ3) is 3.06. The fourth-order valence-corrected chi connectivity index (χ4v) is 5.93. The molecule has 0 saturated carbocycles. The quantitative estimate of drug-likeness (QED) is 0.245. The van der Waals surface area contributed by atoms with Gasteiger partial charge in [-0.1, -0.05) is 66.7 Å². The van der Waals surface area contributed by atoms with E-state index in [0.29, 0.717) is 0 Å². The minimum Gasteiger partial charge on any atom is -0.317 e. The number of aromatic nitrogens is 3. The third-order valence-electron chi connectivity index (χ3n) is 7.66. The summed E-state index contributed by atoms with van der Waals surface area (Å²) in [5.74, 6) is 0. The largest absolute Gasteiger partial charge is 0.317 e. The Bertz CT molecular complexity index is 2100. The lowest BCUT2D eigenvalue weighted by molar-refractivity contribution is 1.13. The van der Waals surface area contributed by atoms with Crippen molar-refractivity contribution < 1.29 is 0 Å². The van der Waals surface area contributed by atoms with Gasteiger partial charge >= 0.3 is 0 Å². The second-order valence-corrected chi connectivity index (χ2v) is 9.72. The van der Waals surface area contributed by atoms with E-state index in [1.54, 1.807) is 0 Å². The molecule has 8 aromatic rings. The van der Waals surface area contributed by atoms with E-state index in [0.717, 1.165) is 11.3 Å². The molecule has 0 aliphatic heterocycles. The molecule has 0 bridgehead atoms. The number of hydrogen-bond acceptors (Lipinski definition) is 1. The molecule has 0 amide bonds. The number of nitrogens with zero attached hydrogens (tertiary/aromatic N) is 3. The first-order valence-electron chi connectivity index (χ1n) is 12.9. The molecule has 0 radical (unpaired) electrons. The van der Waals surface area contributed by atoms with Gasteiger partial charge in [0, 0.05) is 46.1 Å². The summed E-state index contributed by atoms with van der Waals surface area (Å²) in [4.78, 5) is 4.28. The molecule has 0 spiro atoms. The molecular weight excluding hydrogens is 462 g/mol. The topological polar surface area (TPSA) is 22.8 Å². The standard InChI is InChI=1S/C35H23N3/c1-2-8-26(9-3-1)37-22-20-29-28-16-19-34-35(30(28)17-18-32(29)37)31-10-4-5-11-33(31)38(34)27-14-12-24(13-15-27)25-7-6-21-36-23-25/h1-23H. The highest BCUT2D eigenvalue weighted by Crippen LogP contribution is 2.39. The van der Waals surface area contributed by atoms with Gasteiger partial charge in [0.1, 0.15) is 0 Å². The van der Waals surface area contributed by atoms with E-state index in [1.165, 1.54) is 54.7 Å². The van der Waals surface area contributed by atoms with Gasteiger partial charge in [0.25, 0.3) is 0 Å². The van der Waals surface area contributed by atoms with Gasteiger partial charge in [0.05, 0.1) is 16.6 Å². The van der Waals surface area contributed by atoms with Crippen LogP contribution in [0.25, 0.3) is 66.0 Å². The van der Waals surface area contributed by atoms with Crippen molar-refractivity contribution in [3.05, 3.63) is 140 Å². The zero-order valence-electron chi connectivity index (χ0n) is 20.6. The fourth-order valence-electron chi connectivity index (χ4n) is 5.93. The molecule has 178 valence electrons. The zero-order chi connectivity index (χ0) is 25.1. The van der Waals surface area contributed by atoms with Gasteiger partial charge in [0.15, 0.2) is 0 Å². The molecule has 38 heavy (non-hydrogen) atoms. The molecule has 0 atom stereocenters. The number of benzene rings is 5. The fraction of sp³-hybridized carbons (Fsp3) is 0. The molecule has 0 fully saturated rings. The van der Waals surface area contributed by atoms with E-state index in [2.05, 4.69) is 136 Å². The molecule has 0 N–H and O–H groups in total. The SMILES string of the molecule is c1ccc(-n2ccc3c4ccc5c(c4ccc32)c2ccccc2n5-c2ccc(-c3cccnc3)cc2)cc1. The molecule has 3 aromatic heterocycles. The molecule has 5 aromatic carbocycles. The Morgan fingerprint density at radius 1 is 0.447 bits per heavy atom. The smallest absolute Gasteiger partial charge is 0.0547 e. The lowest BCUT2D eigenvalue weighted by atomic mass is 10.0. The summed E-state index contributed by atoms with van der Waals surface area (Å²) < 4.78 is 4.66. The summed E-state index contributed by atoms with van der Waals surface area (Å²) in [5.41, 5.74) is 8.27. The molecule has 0 saturated heterocycles. The van der Waals surface area contributed by atoms with Gasteiger partial charge in [-0.15, -0.1) is 0 Å². The van der Waals surface area contributed by atoms with Crippen molar-refractivity contribution in [2.24, 2.45) is 0 Å². The van der Waals surface area contributed by atoms with E-state index >= 15 is 0 Å². The van der Waals surface area contributed by atoms with Crippen LogP contribution >= 0.6 is 0 Å². The maximum atomic E-state index is 4.28. The Morgan fingerprint density at radius 3 is 2.08 bits per heavy atom. The minimum absolute atomic E-state index is 1.12. The number of hydrogen-bond donors (Lipinski definition) is 0. The Kier molecular flexibility index (Phi) is 4.52. The van der Waals surface area contributed by atoms with Gasteiger partial charge < -0.3 is 9.13 Å². The van der Waals surface area contributed by atoms with E-state index < -0.39 is 0 Å². The van der Waals surface area contributed by atoms with Gasteiger partial charge in [0.2, 0.25) is 0 Å². The summed E-state index contributed by atoms with van der Waals surface area (Å²) in [5, 5.41) is 6.39. The van der Waals surface area contributed by atoms with Crippen LogP contribution in [-0.4, -0.2) is 14.1 Å². The first kappa shape index (κ1) is 21.0. The number of rotatable bonds is 3. The van der Waals surface area contributed by atoms with E-state index in [-0.39, 0.29) is 0 Å². The van der Waals surface area contributed by atoms with Crippen LogP contribution in [0.2, 0.25) is 0 Å². The van der Waals surface area contributed by atoms with Crippen molar-refractivity contribution in [1.29, 1.82) is 0 Å². The average Bonchev–Trinajstić information content (AvgIpc) is 3.58. The average molecular weight is 486 g/mol. The molecule has 3 nitrogen and oxygen atoms in total. The zero-order valence-corrected chi connectivity index (χ0v) is 20.6. The number of fused-ring (bicyclic) bond motifs is 7. The van der Waals surface area contributed by atoms with Gasteiger partial charge in [-0.25, -0.2) is 0 Å². The van der Waals surface area contributed by atoms with Crippen molar-refractivity contribution in [2.75, 3.05) is 0 Å². The maximum absolute atomic E-state index is 4.28. The summed E-state index contributed by atoms with van der Waals surface area (Å²) in [6.45, 7) is 0. The van der Waals surface area contributed by atoms with Crippen LogP contribution in [0.1, 0.15) is 0 Å². The summed E-state index contributed by atoms with van der Waals surface area (Å²) >= 11 is 0. The molecule has 0 aliphatic carbocycles. The molecule has 0 unspecified atom stereocenters. The van der Waals surface area contributed by atoms with E-state index in [4.69, 9.17) is 0 Å². The second-order valence-electron chi connectivity index (χ2n) is 9.72. The lowest BCUT2D eigenvalue weighted by Crippen LogP contribution is -1.94. The van der Waals surface area contributed by atoms with Crippen LogP contribution in [-0.2, 0) is 0 Å². The van der Waals surface area contributed by atoms with Crippen molar-refractivity contribution in [3.63, 3.8) is 0 Å². The molecule has 0 aliphatic rings. The predicted octanol–water partition coefficient (Wildman–Crippen LogP) is 8.94. The van der Waals surface area contributed by atoms with E-state index in [9.17, 15) is 0 Å². The summed E-state index contributed by atoms with van der Waals surface area (Å²) in [6.07, 6.45) is 5.90. The van der Waals surface area contributed by atoms with Crippen LogP contribution in [0.3, 0.4) is 0 Å². The molecular formula is C35H23N3. The summed E-state index contributed by atoms with van der Waals surface area (Å²) in [6, 6.07) is 43.5. The van der Waals surface area contributed by atoms with Gasteiger partial charge in [-0.2, -0.15) is 0 Å². The van der Waals surface area contributed by atoms with Crippen LogP contribution in [0.15, 0.2) is 140 Å². The first-order chi connectivity index (χ1) is 18.9. The Morgan fingerprint density at radius 2 is 1.24 bits per heavy atom. The van der Waals surface area contributed by atoms with Gasteiger partial charge in [-0.05, 0) is 76.5 Å².